The van der Waals surface area contributed by atoms with Gasteiger partial charge in [-0.1, -0.05) is 270 Å². The summed E-state index contributed by atoms with van der Waals surface area (Å²) in [6.45, 7) is 52.5. The van der Waals surface area contributed by atoms with Gasteiger partial charge in [-0.15, -0.1) is 5.60 Å². The summed E-state index contributed by atoms with van der Waals surface area (Å²) in [5.41, 5.74) is 27.5. The third-order valence-corrected chi connectivity index (χ3v) is 17.3. The first-order valence-electron chi connectivity index (χ1n) is 39.5. The summed E-state index contributed by atoms with van der Waals surface area (Å²) < 4.78 is 26.0. The monoisotopic (exact) mass is 1830 g/mol. The number of aliphatic imine (C=N–C) groups is 1. The van der Waals surface area contributed by atoms with Crippen molar-refractivity contribution in [3.63, 3.8) is 0 Å². The van der Waals surface area contributed by atoms with Gasteiger partial charge in [0.25, 0.3) is 11.6 Å². The van der Waals surface area contributed by atoms with Crippen LogP contribution in [0.4, 0.5) is 34.4 Å². The molecule has 129 heavy (non-hydrogen) atoms. The van der Waals surface area contributed by atoms with Gasteiger partial charge in [0.05, 0.1) is 52.5 Å². The standard InChI is InChI=1S/C20H20N4O.C19H21N3O.C19H20N2O.C13H14N4O.C13H13NO.C6H11N.C4H9O.C2H2BrN.2CO2.CH4.2Na.H2O/c1-14(2)19-18(21)20(22-3)24(23-19)16-9-11-17(12-10-16)25-13-15-7-5-4-6-8-15;1-15(2)19(3,14-20)22-21-17-9-11-18(12-10-17)23-13-16-7-5-4-6-8-16;1-15(2)19(12-20)21-13-16-8-10-18(11-9-16)22-14-17-6-4-3-5-7-17;1-8(2)12-11(14)13(15-3)17(16-12)9-4-6-10(18)7-5-9;14-12-6-8-13(9-7-12)15-10-11-4-2-1-3-5-11;1-5(2)6(3)7-4;1-4(2,3)5;3-1-2-4;2*2-1-3;;;;/h4-12,14H,13,21H2,1-2H3;4-12,15H,13H2,1-3H3;3-11,15H,13-14H2,1-2H3;4-8,18H,14H2,1-2H3;1-9H,10,14H2;5-6H,1-3H3;1-3H3;1H2;;;1H4;;;1H2/q;;;;;;-1;;;;;2*+1;/p-1. The van der Waals surface area contributed by atoms with Crippen LogP contribution in [0.5, 0.6) is 28.7 Å². The molecule has 8 N–H and O–H groups in total. The molecule has 666 valence electrons. The SMILES string of the molecule is C.CC(C)(C)[O-].CC(C)C(C#N)=NCc1ccc(OCc2ccccc2)cc1.CC(C)C(C)(C#N)N=Nc1ccc(OCc2ccccc2)cc1.N#CCBr.Nc1ccc(OCc2ccccc2)cc1.O=C=O.O=C=O.[C-]#[N+]C(C)C(C)C.[C-]#[N+]c1c(N)c(C(C)C)nn1-c1ccc(O)cc1.[C-]#[N+]c1c(N)c(C(C)C)nn1-c1ccc(OCc2ccccc2)cc1.[Na+].[Na+].[OH-]. The van der Waals surface area contributed by atoms with Crippen LogP contribution >= 0.6 is 15.9 Å². The molecule has 9 aromatic carbocycles. The quantitative estimate of drug-likeness (QED) is 0.0115. The predicted octanol–water partition coefficient (Wildman–Crippen LogP) is 16.4. The Kier molecular flexibility index (Phi) is 62.9. The van der Waals surface area contributed by atoms with Crippen LogP contribution < -0.4 is 100 Å². The smallest absolute Gasteiger partial charge is 0.870 e. The van der Waals surface area contributed by atoms with E-state index in [1.165, 1.54) is 4.68 Å². The largest absolute Gasteiger partial charge is 1.00 e. The molecule has 30 heteroatoms. The molecule has 11 aromatic rings. The molecular weight excluding hydrogens is 1720 g/mol. The van der Waals surface area contributed by atoms with Gasteiger partial charge < -0.3 is 66.4 Å². The number of carbonyl (C=O) groups excluding carboxylic acids is 4. The second-order valence-electron chi connectivity index (χ2n) is 29.7. The molecule has 11 rings (SSSR count). The van der Waals surface area contributed by atoms with Gasteiger partial charge in [-0.05, 0) is 150 Å². The number of aromatic nitrogens is 4. The molecule has 0 spiro atoms. The Bertz CT molecular complexity index is 5320. The third-order valence-electron chi connectivity index (χ3n) is 17.0. The van der Waals surface area contributed by atoms with Crippen molar-refractivity contribution in [1.29, 1.82) is 15.8 Å². The van der Waals surface area contributed by atoms with E-state index in [9.17, 15) is 15.5 Å². The summed E-state index contributed by atoms with van der Waals surface area (Å²) in [5.74, 6) is 5.15. The zero-order chi connectivity index (χ0) is 93.3. The summed E-state index contributed by atoms with van der Waals surface area (Å²) in [6, 6.07) is 83.2. The fraction of sp³-hybridized carbons (Fsp3) is 0.303. The second kappa shape index (κ2) is 67.5. The molecule has 0 aliphatic carbocycles. The van der Waals surface area contributed by atoms with Crippen LogP contribution in [0.3, 0.4) is 0 Å². The number of nitriles is 3. The Labute approximate surface area is 813 Å². The number of phenols is 1. The molecule has 0 saturated heterocycles. The van der Waals surface area contributed by atoms with Crippen molar-refractivity contribution in [2.45, 2.75) is 173 Å². The van der Waals surface area contributed by atoms with Crippen molar-refractivity contribution < 1.29 is 113 Å². The van der Waals surface area contributed by atoms with Crippen LogP contribution in [0.2, 0.25) is 0 Å². The van der Waals surface area contributed by atoms with Crippen LogP contribution in [0.1, 0.15) is 162 Å². The topological polar surface area (TPSA) is 414 Å². The van der Waals surface area contributed by atoms with Crippen molar-refractivity contribution in [3.8, 4) is 58.3 Å². The number of hydrogen-bond donors (Lipinski definition) is 4. The van der Waals surface area contributed by atoms with E-state index in [0.717, 1.165) is 67.9 Å². The molecule has 0 bridgehead atoms. The van der Waals surface area contributed by atoms with Gasteiger partial charge in [-0.2, -0.15) is 54.6 Å². The number of ether oxygens (including phenoxy) is 4. The van der Waals surface area contributed by atoms with E-state index < -0.39 is 11.1 Å². The van der Waals surface area contributed by atoms with Crippen LogP contribution in [-0.4, -0.2) is 70.7 Å². The van der Waals surface area contributed by atoms with Gasteiger partial charge in [0.15, 0.2) is 5.54 Å². The molecule has 0 aliphatic rings. The first-order chi connectivity index (χ1) is 59.6. The molecule has 0 fully saturated rings. The molecule has 2 unspecified atom stereocenters. The number of alkyl halides is 1. The fourth-order valence-electron chi connectivity index (χ4n) is 9.51. The Morgan fingerprint density at radius 2 is 0.814 bits per heavy atom. The number of azo groups is 1. The summed E-state index contributed by atoms with van der Waals surface area (Å²) >= 11 is 2.89. The van der Waals surface area contributed by atoms with Crippen LogP contribution in [0.15, 0.2) is 258 Å². The first kappa shape index (κ1) is 120. The summed E-state index contributed by atoms with van der Waals surface area (Å²) in [7, 11) is 0. The maximum Gasteiger partial charge on any atom is 1.00 e. The summed E-state index contributed by atoms with van der Waals surface area (Å²) in [4.78, 5) is 47.2. The van der Waals surface area contributed by atoms with Gasteiger partial charge in [-0.3, -0.25) is 4.99 Å². The number of nitrogen functional groups attached to an aromatic ring is 3. The van der Waals surface area contributed by atoms with Crippen LogP contribution in [0, 0.1) is 71.5 Å². The van der Waals surface area contributed by atoms with Gasteiger partial charge in [0.2, 0.25) is 6.04 Å². The maximum atomic E-state index is 10.1. The summed E-state index contributed by atoms with van der Waals surface area (Å²) in [5, 5.41) is 62.9. The Morgan fingerprint density at radius 3 is 1.07 bits per heavy atom. The minimum Gasteiger partial charge on any atom is -0.870 e. The number of benzene rings is 9. The first-order valence-corrected chi connectivity index (χ1v) is 40.7. The molecular formula is C99H115BrN16Na2O11. The average Bonchev–Trinajstić information content (AvgIpc) is 1.66. The zero-order valence-corrected chi connectivity index (χ0v) is 81.4. The van der Waals surface area contributed by atoms with E-state index in [1.54, 1.807) is 56.6 Å². The number of nitrogens with two attached hydrogens (primary N) is 3. The third kappa shape index (κ3) is 48.6. The van der Waals surface area contributed by atoms with Crippen LogP contribution in [0.25, 0.3) is 25.9 Å². The number of phenolic OH excluding ortho intramolecular Hbond substituents is 1. The molecule has 2 aromatic heterocycles. The number of anilines is 3. The number of halogens is 1. The van der Waals surface area contributed by atoms with E-state index in [-0.39, 0.29) is 120 Å². The summed E-state index contributed by atoms with van der Waals surface area (Å²) in [6.07, 6.45) is 0.500. The molecule has 0 radical (unpaired) electrons. The van der Waals surface area contributed by atoms with E-state index in [0.29, 0.717) is 90.0 Å². The van der Waals surface area contributed by atoms with E-state index >= 15 is 0 Å². The predicted molar refractivity (Wildman–Crippen MR) is 499 cm³/mol. The van der Waals surface area contributed by atoms with Crippen molar-refractivity contribution in [2.24, 2.45) is 33.0 Å². The average molecular weight is 1830 g/mol. The molecule has 0 amide bonds. The fourth-order valence-corrected chi connectivity index (χ4v) is 9.51. The van der Waals surface area contributed by atoms with Crippen molar-refractivity contribution in [1.82, 2.24) is 19.6 Å². The Balaban J connectivity index is -0.00000145. The van der Waals surface area contributed by atoms with Gasteiger partial charge in [-0.25, -0.2) is 6.57 Å². The van der Waals surface area contributed by atoms with Gasteiger partial charge in [0, 0.05) is 36.3 Å². The van der Waals surface area contributed by atoms with Crippen molar-refractivity contribution in [3.05, 3.63) is 316 Å². The normalized spacial score (nSPS) is 10.5. The molecule has 2 heterocycles. The Morgan fingerprint density at radius 1 is 0.512 bits per heavy atom. The van der Waals surface area contributed by atoms with Gasteiger partial charge >= 0.3 is 71.4 Å². The van der Waals surface area contributed by atoms with E-state index in [2.05, 4.69) is 81.9 Å². The Hall–Kier alpha value is -12.8. The minimum absolute atomic E-state index is 0. The minimum atomic E-state index is -0.803. The number of aromatic hydroxyl groups is 1. The van der Waals surface area contributed by atoms with E-state index in [4.69, 9.17) is 85.6 Å². The zero-order valence-electron chi connectivity index (χ0n) is 75.8. The van der Waals surface area contributed by atoms with E-state index in [1.807, 2.05) is 287 Å². The molecule has 2 atom stereocenters. The van der Waals surface area contributed by atoms with Crippen LogP contribution in [-0.2, 0) is 52.2 Å². The number of nitrogens with zero attached hydrogens (tertiary/aromatic N) is 13. The molecule has 27 nitrogen and oxygen atoms in total. The van der Waals surface area contributed by atoms with Crippen molar-refractivity contribution >= 4 is 68.3 Å². The number of hydrogen-bond acceptors (Lipinski definition) is 22. The van der Waals surface area contributed by atoms with Gasteiger partial charge in [0.1, 0.15) is 78.3 Å². The molecule has 0 saturated carbocycles. The number of rotatable bonds is 23. The van der Waals surface area contributed by atoms with Crippen molar-refractivity contribution in [2.75, 3.05) is 22.5 Å². The molecule has 0 aliphatic heterocycles. The maximum absolute atomic E-state index is 10.1. The second-order valence-corrected chi connectivity index (χ2v) is 30.2.